The molecule has 2 rings (SSSR count). The lowest BCUT2D eigenvalue weighted by Crippen LogP contribution is -2.13. The molecule has 1 aromatic heterocycles. The quantitative estimate of drug-likeness (QED) is 0.907. The van der Waals surface area contributed by atoms with Gasteiger partial charge in [0.25, 0.3) is 0 Å². The van der Waals surface area contributed by atoms with E-state index in [2.05, 4.69) is 35.4 Å². The van der Waals surface area contributed by atoms with Crippen LogP contribution in [-0.2, 0) is 21.7 Å². The van der Waals surface area contributed by atoms with Crippen LogP contribution in [-0.4, -0.2) is 30.6 Å². The second-order valence-electron chi connectivity index (χ2n) is 6.27. The molecule has 0 aliphatic rings. The third-order valence-corrected chi connectivity index (χ3v) is 4.94. The highest BCUT2D eigenvalue weighted by Crippen LogP contribution is 2.22. The zero-order chi connectivity index (χ0) is 16.4. The summed E-state index contributed by atoms with van der Waals surface area (Å²) in [5, 5.41) is 4.07. The molecule has 1 N–H and O–H groups in total. The van der Waals surface area contributed by atoms with Crippen LogP contribution in [0.5, 0.6) is 0 Å². The van der Waals surface area contributed by atoms with E-state index < -0.39 is 9.84 Å². The van der Waals surface area contributed by atoms with Gasteiger partial charge in [-0.3, -0.25) is 0 Å². The third-order valence-electron chi connectivity index (χ3n) is 3.14. The Labute approximate surface area is 135 Å². The average molecular weight is 339 g/mol. The number of nitrogens with zero attached hydrogens (tertiary/aromatic N) is 2. The van der Waals surface area contributed by atoms with E-state index in [1.54, 1.807) is 12.1 Å². The molecule has 1 aromatic carbocycles. The molecule has 0 atom stereocenters. The molecule has 0 amide bonds. The maximum Gasteiger partial charge on any atom is 0.202 e. The summed E-state index contributed by atoms with van der Waals surface area (Å²) in [5.74, 6) is 0.845. The number of hydrogen-bond donors (Lipinski definition) is 1. The minimum atomic E-state index is -3.13. The van der Waals surface area contributed by atoms with E-state index in [9.17, 15) is 8.42 Å². The molecule has 0 spiro atoms. The van der Waals surface area contributed by atoms with Gasteiger partial charge < -0.3 is 5.32 Å². The summed E-state index contributed by atoms with van der Waals surface area (Å²) in [6, 6.07) is 6.98. The van der Waals surface area contributed by atoms with Gasteiger partial charge in [0.05, 0.1) is 4.90 Å². The van der Waals surface area contributed by atoms with E-state index in [1.807, 2.05) is 12.1 Å². The van der Waals surface area contributed by atoms with Crippen LogP contribution in [0.1, 0.15) is 32.2 Å². The van der Waals surface area contributed by atoms with Crippen molar-refractivity contribution < 1.29 is 8.42 Å². The Balaban J connectivity index is 1.90. The third kappa shape index (κ3) is 4.51. The number of sulfone groups is 1. The van der Waals surface area contributed by atoms with Crippen molar-refractivity contribution >= 4 is 26.5 Å². The second-order valence-corrected chi connectivity index (χ2v) is 9.03. The lowest BCUT2D eigenvalue weighted by Gasteiger charge is -2.12. The van der Waals surface area contributed by atoms with Crippen molar-refractivity contribution in [3.8, 4) is 0 Å². The van der Waals surface area contributed by atoms with Crippen molar-refractivity contribution in [3.05, 3.63) is 35.7 Å². The summed E-state index contributed by atoms with van der Waals surface area (Å²) in [7, 11) is -3.13. The summed E-state index contributed by atoms with van der Waals surface area (Å²) in [6.07, 6.45) is 2.01. The van der Waals surface area contributed by atoms with Gasteiger partial charge in [-0.2, -0.15) is 4.37 Å². The molecule has 0 saturated carbocycles. The van der Waals surface area contributed by atoms with Crippen molar-refractivity contribution in [1.82, 2.24) is 9.36 Å². The Kier molecular flexibility index (Phi) is 4.87. The van der Waals surface area contributed by atoms with Crippen LogP contribution in [0.2, 0.25) is 0 Å². The minimum Gasteiger partial charge on any atom is -0.360 e. The molecule has 0 unspecified atom stereocenters. The molecule has 7 heteroatoms. The number of nitrogens with one attached hydrogen (secondary N) is 1. The predicted molar refractivity (Wildman–Crippen MR) is 90.4 cm³/mol. The first-order valence-electron chi connectivity index (χ1n) is 7.03. The van der Waals surface area contributed by atoms with Gasteiger partial charge in [-0.15, -0.1) is 0 Å². The van der Waals surface area contributed by atoms with Gasteiger partial charge in [0.1, 0.15) is 5.82 Å². The Morgan fingerprint density at radius 2 is 1.82 bits per heavy atom. The minimum absolute atomic E-state index is 0.0437. The fourth-order valence-corrected chi connectivity index (χ4v) is 3.23. The van der Waals surface area contributed by atoms with E-state index in [0.29, 0.717) is 4.90 Å². The van der Waals surface area contributed by atoms with Gasteiger partial charge in [0.15, 0.2) is 9.84 Å². The normalized spacial score (nSPS) is 12.4. The first kappa shape index (κ1) is 16.9. The molecule has 22 heavy (non-hydrogen) atoms. The highest BCUT2D eigenvalue weighted by Gasteiger charge is 2.19. The van der Waals surface area contributed by atoms with E-state index >= 15 is 0 Å². The summed E-state index contributed by atoms with van der Waals surface area (Å²) < 4.78 is 27.2. The maximum atomic E-state index is 11.4. The van der Waals surface area contributed by atoms with Gasteiger partial charge in [-0.1, -0.05) is 32.9 Å². The van der Waals surface area contributed by atoms with Gasteiger partial charge in [0, 0.05) is 29.7 Å². The van der Waals surface area contributed by atoms with Gasteiger partial charge in [-0.05, 0) is 24.1 Å². The summed E-state index contributed by atoms with van der Waals surface area (Å²) in [5.41, 5.74) is 1.04. The van der Waals surface area contributed by atoms with E-state index in [1.165, 1.54) is 17.8 Å². The monoisotopic (exact) mass is 339 g/mol. The van der Waals surface area contributed by atoms with Crippen LogP contribution in [0.3, 0.4) is 0 Å². The average Bonchev–Trinajstić information content (AvgIpc) is 2.87. The topological polar surface area (TPSA) is 72.0 Å². The van der Waals surface area contributed by atoms with Crippen LogP contribution >= 0.6 is 11.5 Å². The molecular weight excluding hydrogens is 318 g/mol. The standard InChI is InChI=1S/C15H21N3O2S2/c1-15(2,3)13-17-14(21-18-13)16-10-9-11-5-7-12(8-6-11)22(4,19)20/h5-8H,9-10H2,1-4H3,(H,16,17,18). The Bertz CT molecular complexity index is 729. The Morgan fingerprint density at radius 1 is 1.18 bits per heavy atom. The van der Waals surface area contributed by atoms with Crippen LogP contribution in [0.15, 0.2) is 29.2 Å². The smallest absolute Gasteiger partial charge is 0.202 e. The molecular formula is C15H21N3O2S2. The van der Waals surface area contributed by atoms with E-state index in [4.69, 9.17) is 0 Å². The Hall–Kier alpha value is -1.47. The highest BCUT2D eigenvalue weighted by atomic mass is 32.2. The van der Waals surface area contributed by atoms with Crippen molar-refractivity contribution in [2.24, 2.45) is 0 Å². The van der Waals surface area contributed by atoms with Crippen molar-refractivity contribution in [2.45, 2.75) is 37.5 Å². The molecule has 0 fully saturated rings. The summed E-state index contributed by atoms with van der Waals surface area (Å²) in [4.78, 5) is 4.83. The first-order chi connectivity index (χ1) is 10.2. The Morgan fingerprint density at radius 3 is 2.32 bits per heavy atom. The largest absolute Gasteiger partial charge is 0.360 e. The van der Waals surface area contributed by atoms with Gasteiger partial charge in [-0.25, -0.2) is 13.4 Å². The molecule has 5 nitrogen and oxygen atoms in total. The zero-order valence-electron chi connectivity index (χ0n) is 13.3. The number of hydrogen-bond acceptors (Lipinski definition) is 6. The highest BCUT2D eigenvalue weighted by molar-refractivity contribution is 7.90. The SMILES string of the molecule is CC(C)(C)c1nsc(NCCc2ccc(S(C)(=O)=O)cc2)n1. The molecule has 1 heterocycles. The second kappa shape index (κ2) is 6.34. The lowest BCUT2D eigenvalue weighted by molar-refractivity contribution is 0.555. The van der Waals surface area contributed by atoms with Gasteiger partial charge >= 0.3 is 0 Å². The van der Waals surface area contributed by atoms with Crippen LogP contribution in [0.25, 0.3) is 0 Å². The van der Waals surface area contributed by atoms with E-state index in [-0.39, 0.29) is 5.41 Å². The molecule has 120 valence electrons. The maximum absolute atomic E-state index is 11.4. The van der Waals surface area contributed by atoms with Crippen LogP contribution in [0.4, 0.5) is 5.13 Å². The zero-order valence-corrected chi connectivity index (χ0v) is 14.9. The summed E-state index contributed by atoms with van der Waals surface area (Å²) >= 11 is 1.37. The fraction of sp³-hybridized carbons (Fsp3) is 0.467. The molecule has 0 aliphatic heterocycles. The van der Waals surface area contributed by atoms with Crippen LogP contribution in [0, 0.1) is 0 Å². The van der Waals surface area contributed by atoms with Crippen molar-refractivity contribution in [2.75, 3.05) is 18.1 Å². The molecule has 0 saturated heterocycles. The lowest BCUT2D eigenvalue weighted by atomic mass is 9.96. The molecule has 0 aliphatic carbocycles. The number of rotatable bonds is 5. The number of benzene rings is 1. The summed E-state index contributed by atoms with van der Waals surface area (Å²) in [6.45, 7) is 6.99. The first-order valence-corrected chi connectivity index (χ1v) is 9.70. The van der Waals surface area contributed by atoms with Crippen molar-refractivity contribution in [3.63, 3.8) is 0 Å². The predicted octanol–water partition coefficient (Wildman–Crippen LogP) is 2.89. The van der Waals surface area contributed by atoms with Gasteiger partial charge in [0.2, 0.25) is 5.13 Å². The molecule has 0 bridgehead atoms. The number of aromatic nitrogens is 2. The molecule has 2 aromatic rings. The number of anilines is 1. The van der Waals surface area contributed by atoms with Crippen LogP contribution < -0.4 is 5.32 Å². The van der Waals surface area contributed by atoms with Crippen molar-refractivity contribution in [1.29, 1.82) is 0 Å². The molecule has 0 radical (unpaired) electrons. The van der Waals surface area contributed by atoms with E-state index in [0.717, 1.165) is 29.5 Å². The fourth-order valence-electron chi connectivity index (χ4n) is 1.82.